The lowest BCUT2D eigenvalue weighted by Crippen LogP contribution is -2.10. The van der Waals surface area contributed by atoms with Crippen molar-refractivity contribution in [1.29, 1.82) is 0 Å². The molecule has 3 N–H and O–H groups in total. The smallest absolute Gasteiger partial charge is 0.0246 e. The molecule has 0 aromatic carbocycles. The molecule has 0 saturated carbocycles. The second-order valence-electron chi connectivity index (χ2n) is 4.40. The van der Waals surface area contributed by atoms with Crippen LogP contribution in [0.25, 0.3) is 0 Å². The van der Waals surface area contributed by atoms with Crippen LogP contribution in [-0.4, -0.2) is 0 Å². The maximum atomic E-state index is 5.94. The van der Waals surface area contributed by atoms with Gasteiger partial charge in [0.25, 0.3) is 0 Å². The van der Waals surface area contributed by atoms with Crippen LogP contribution in [-0.2, 0) is 0 Å². The minimum atomic E-state index is 0.668. The van der Waals surface area contributed by atoms with Crippen LogP contribution in [0.3, 0.4) is 0 Å². The van der Waals surface area contributed by atoms with Crippen LogP contribution >= 0.6 is 0 Å². The summed E-state index contributed by atoms with van der Waals surface area (Å²) in [6, 6.07) is 0. The van der Waals surface area contributed by atoms with Crippen LogP contribution in [0.15, 0.2) is 36.3 Å². The van der Waals surface area contributed by atoms with Crippen LogP contribution in [0.5, 0.6) is 0 Å². The lowest BCUT2D eigenvalue weighted by Gasteiger charge is -2.11. The summed E-state index contributed by atoms with van der Waals surface area (Å²) in [5.74, 6) is 0.668. The molecule has 2 nitrogen and oxygen atoms in total. The average molecular weight is 222 g/mol. The highest BCUT2D eigenvalue weighted by Crippen LogP contribution is 2.14. The minimum Gasteiger partial charge on any atom is -0.401 e. The van der Waals surface area contributed by atoms with Crippen molar-refractivity contribution in [3.63, 3.8) is 0 Å². The van der Waals surface area contributed by atoms with E-state index in [0.29, 0.717) is 5.92 Å². The number of nitrogens with two attached hydrogens (primary N) is 1. The van der Waals surface area contributed by atoms with E-state index in [-0.39, 0.29) is 0 Å². The van der Waals surface area contributed by atoms with Crippen molar-refractivity contribution in [2.24, 2.45) is 11.7 Å². The van der Waals surface area contributed by atoms with E-state index in [0.717, 1.165) is 17.8 Å². The molecule has 1 atom stereocenters. The molecule has 0 spiro atoms. The Kier molecular flexibility index (Phi) is 8.41. The number of hydrogen-bond acceptors (Lipinski definition) is 2. The first-order valence-electron chi connectivity index (χ1n) is 6.10. The topological polar surface area (TPSA) is 38.0 Å². The zero-order valence-corrected chi connectivity index (χ0v) is 10.9. The molecule has 0 aromatic heterocycles. The van der Waals surface area contributed by atoms with E-state index in [2.05, 4.69) is 25.7 Å². The van der Waals surface area contributed by atoms with Crippen LogP contribution in [0, 0.1) is 5.92 Å². The lowest BCUT2D eigenvalue weighted by molar-refractivity contribution is 0.499. The van der Waals surface area contributed by atoms with E-state index in [1.54, 1.807) is 6.08 Å². The van der Waals surface area contributed by atoms with Gasteiger partial charge in [0.2, 0.25) is 0 Å². The molecule has 0 saturated heterocycles. The van der Waals surface area contributed by atoms with E-state index < -0.39 is 0 Å². The van der Waals surface area contributed by atoms with Gasteiger partial charge in [0.05, 0.1) is 0 Å². The number of hydrogen-bond donors (Lipinski definition) is 2. The highest BCUT2D eigenvalue weighted by molar-refractivity contribution is 5.10. The highest BCUT2D eigenvalue weighted by atomic mass is 14.9. The predicted octanol–water partition coefficient (Wildman–Crippen LogP) is 3.68. The first-order chi connectivity index (χ1) is 7.60. The van der Waals surface area contributed by atoms with Crippen molar-refractivity contribution in [2.75, 3.05) is 0 Å². The summed E-state index contributed by atoms with van der Waals surface area (Å²) >= 11 is 0. The van der Waals surface area contributed by atoms with Gasteiger partial charge in [0, 0.05) is 17.6 Å². The fraction of sp³-hybridized carbons (Fsp3) is 0.571. The molecule has 0 amide bonds. The standard InChI is InChI=1S/C14H26N2/c1-5-7-9-12(3)10-14(15)11-16-13(4)8-6-2/h6,8,11-12,16H,2,5,7,9-10,15H2,1,3-4H3/b13-8+,14-11-. The molecule has 92 valence electrons. The maximum absolute atomic E-state index is 5.94. The van der Waals surface area contributed by atoms with E-state index >= 15 is 0 Å². The summed E-state index contributed by atoms with van der Waals surface area (Å²) in [6.45, 7) is 10.1. The third kappa shape index (κ3) is 8.16. The second kappa shape index (κ2) is 9.08. The Labute approximate surface area is 100 Å². The Balaban J connectivity index is 3.94. The maximum Gasteiger partial charge on any atom is 0.0246 e. The van der Waals surface area contributed by atoms with Crippen LogP contribution in [0.1, 0.15) is 46.5 Å². The SMILES string of the molecule is C=C/C=C(\C)N/C=C(\N)CC(C)CCCC. The Hall–Kier alpha value is -1.18. The van der Waals surface area contributed by atoms with E-state index in [1.807, 2.05) is 19.2 Å². The van der Waals surface area contributed by atoms with E-state index in [4.69, 9.17) is 5.73 Å². The summed E-state index contributed by atoms with van der Waals surface area (Å²) in [7, 11) is 0. The first-order valence-corrected chi connectivity index (χ1v) is 6.10. The molecule has 0 bridgehead atoms. The van der Waals surface area contributed by atoms with Crippen molar-refractivity contribution < 1.29 is 0 Å². The number of nitrogens with one attached hydrogen (secondary N) is 1. The van der Waals surface area contributed by atoms with Gasteiger partial charge in [-0.3, -0.25) is 0 Å². The number of allylic oxidation sites excluding steroid dienone is 4. The van der Waals surface area contributed by atoms with Gasteiger partial charge >= 0.3 is 0 Å². The molecule has 0 rings (SSSR count). The molecule has 0 aromatic rings. The van der Waals surface area contributed by atoms with Gasteiger partial charge in [-0.25, -0.2) is 0 Å². The van der Waals surface area contributed by atoms with Crippen molar-refractivity contribution in [3.05, 3.63) is 36.3 Å². The molecule has 1 unspecified atom stereocenters. The summed E-state index contributed by atoms with van der Waals surface area (Å²) in [6.07, 6.45) is 10.3. The molecule has 0 aliphatic heterocycles. The van der Waals surface area contributed by atoms with Crippen molar-refractivity contribution in [1.82, 2.24) is 5.32 Å². The van der Waals surface area contributed by atoms with Gasteiger partial charge in [-0.05, 0) is 25.3 Å². The molecule has 16 heavy (non-hydrogen) atoms. The fourth-order valence-corrected chi connectivity index (χ4v) is 1.55. The van der Waals surface area contributed by atoms with Crippen LogP contribution in [0.2, 0.25) is 0 Å². The third-order valence-corrected chi connectivity index (χ3v) is 2.49. The summed E-state index contributed by atoms with van der Waals surface area (Å²) in [5, 5.41) is 3.15. The summed E-state index contributed by atoms with van der Waals surface area (Å²) in [4.78, 5) is 0. The molecule has 0 fully saturated rings. The van der Waals surface area contributed by atoms with Crippen molar-refractivity contribution >= 4 is 0 Å². The third-order valence-electron chi connectivity index (χ3n) is 2.49. The Bertz CT molecular complexity index is 251. The zero-order chi connectivity index (χ0) is 12.4. The van der Waals surface area contributed by atoms with Gasteiger partial charge < -0.3 is 11.1 Å². The molecule has 0 aliphatic carbocycles. The second-order valence-corrected chi connectivity index (χ2v) is 4.40. The lowest BCUT2D eigenvalue weighted by atomic mass is 9.99. The monoisotopic (exact) mass is 222 g/mol. The quantitative estimate of drug-likeness (QED) is 0.615. The molecule has 0 radical (unpaired) electrons. The van der Waals surface area contributed by atoms with Gasteiger partial charge in [-0.2, -0.15) is 0 Å². The highest BCUT2D eigenvalue weighted by Gasteiger charge is 2.02. The first kappa shape index (κ1) is 14.8. The Morgan fingerprint density at radius 3 is 2.75 bits per heavy atom. The van der Waals surface area contributed by atoms with E-state index in [9.17, 15) is 0 Å². The fourth-order valence-electron chi connectivity index (χ4n) is 1.55. The van der Waals surface area contributed by atoms with Gasteiger partial charge in [-0.1, -0.05) is 45.8 Å². The Morgan fingerprint density at radius 1 is 1.50 bits per heavy atom. The minimum absolute atomic E-state index is 0.668. The van der Waals surface area contributed by atoms with Crippen molar-refractivity contribution in [2.45, 2.75) is 46.5 Å². The van der Waals surface area contributed by atoms with Crippen LogP contribution < -0.4 is 11.1 Å². The number of rotatable bonds is 8. The average Bonchev–Trinajstić information content (AvgIpc) is 2.24. The normalized spacial score (nSPS) is 14.7. The summed E-state index contributed by atoms with van der Waals surface area (Å²) in [5.41, 5.74) is 7.91. The van der Waals surface area contributed by atoms with Crippen molar-refractivity contribution in [3.8, 4) is 0 Å². The molecule has 0 heterocycles. The molecule has 2 heteroatoms. The number of unbranched alkanes of at least 4 members (excludes halogenated alkanes) is 1. The predicted molar refractivity (Wildman–Crippen MR) is 72.7 cm³/mol. The van der Waals surface area contributed by atoms with E-state index in [1.165, 1.54) is 19.3 Å². The molecular weight excluding hydrogens is 196 g/mol. The molecule has 0 aliphatic rings. The summed E-state index contributed by atoms with van der Waals surface area (Å²) < 4.78 is 0. The molecular formula is C14H26N2. The van der Waals surface area contributed by atoms with Gasteiger partial charge in [0.15, 0.2) is 0 Å². The van der Waals surface area contributed by atoms with Gasteiger partial charge in [0.1, 0.15) is 0 Å². The van der Waals surface area contributed by atoms with Gasteiger partial charge in [-0.15, -0.1) is 0 Å². The van der Waals surface area contributed by atoms with Crippen LogP contribution in [0.4, 0.5) is 0 Å². The zero-order valence-electron chi connectivity index (χ0n) is 10.9. The largest absolute Gasteiger partial charge is 0.401 e. The Morgan fingerprint density at radius 2 is 2.19 bits per heavy atom.